The van der Waals surface area contributed by atoms with Crippen molar-refractivity contribution in [3.63, 3.8) is 0 Å². The third kappa shape index (κ3) is 6.30. The Kier molecular flexibility index (Phi) is 8.28. The highest BCUT2D eigenvalue weighted by Crippen LogP contribution is 2.34. The van der Waals surface area contributed by atoms with Crippen LogP contribution in [0.1, 0.15) is 48.4 Å². The van der Waals surface area contributed by atoms with Gasteiger partial charge in [0.2, 0.25) is 18.2 Å². The first-order chi connectivity index (χ1) is 17.4. The van der Waals surface area contributed by atoms with Gasteiger partial charge in [0.15, 0.2) is 23.8 Å². The number of allylic oxidation sites excluding steroid dienone is 2. The van der Waals surface area contributed by atoms with Crippen molar-refractivity contribution < 1.29 is 62.3 Å². The van der Waals surface area contributed by atoms with Crippen LogP contribution < -0.4 is 0 Å². The quantitative estimate of drug-likeness (QED) is 0.394. The zero-order chi connectivity index (χ0) is 27.4. The van der Waals surface area contributed by atoms with Crippen molar-refractivity contribution in [2.75, 3.05) is 6.61 Å². The third-order valence-corrected chi connectivity index (χ3v) is 5.21. The predicted octanol–water partition coefficient (Wildman–Crippen LogP) is 0.755. The van der Waals surface area contributed by atoms with Crippen LogP contribution in [0.15, 0.2) is 30.0 Å². The second-order valence-electron chi connectivity index (χ2n) is 8.09. The van der Waals surface area contributed by atoms with Gasteiger partial charge in [0.05, 0.1) is 5.56 Å². The number of rotatable bonds is 7. The molecule has 3 rings (SSSR count). The summed E-state index contributed by atoms with van der Waals surface area (Å²) in [6.07, 6.45) is -6.72. The number of hydrogen-bond acceptors (Lipinski definition) is 13. The Morgan fingerprint density at radius 1 is 0.865 bits per heavy atom. The highest BCUT2D eigenvalue weighted by Gasteiger charge is 2.54. The van der Waals surface area contributed by atoms with Crippen LogP contribution in [0.4, 0.5) is 0 Å². The van der Waals surface area contributed by atoms with Crippen molar-refractivity contribution in [1.29, 1.82) is 0 Å². The van der Waals surface area contributed by atoms with Crippen LogP contribution in [-0.2, 0) is 47.6 Å². The minimum atomic E-state index is -1.71. The molecule has 0 saturated carbocycles. The number of ketones is 2. The van der Waals surface area contributed by atoms with E-state index in [1.807, 2.05) is 0 Å². The fraction of sp³-hybridized carbons (Fsp3) is 0.417. The van der Waals surface area contributed by atoms with Gasteiger partial charge in [-0.25, -0.2) is 0 Å². The fourth-order valence-corrected chi connectivity index (χ4v) is 3.87. The minimum absolute atomic E-state index is 0.0566. The summed E-state index contributed by atoms with van der Waals surface area (Å²) < 4.78 is 32.2. The van der Waals surface area contributed by atoms with Gasteiger partial charge in [-0.1, -0.05) is 12.1 Å². The summed E-state index contributed by atoms with van der Waals surface area (Å²) in [4.78, 5) is 72.7. The summed E-state index contributed by atoms with van der Waals surface area (Å²) in [5, 5.41) is 10.2. The highest BCUT2D eigenvalue weighted by atomic mass is 16.7. The first-order valence-corrected chi connectivity index (χ1v) is 11.0. The molecule has 1 aromatic rings. The zero-order valence-electron chi connectivity index (χ0n) is 20.2. The second kappa shape index (κ2) is 11.2. The van der Waals surface area contributed by atoms with Crippen molar-refractivity contribution >= 4 is 35.4 Å². The molecule has 1 saturated heterocycles. The van der Waals surface area contributed by atoms with Crippen molar-refractivity contribution in [2.45, 2.75) is 58.4 Å². The molecule has 0 spiro atoms. The van der Waals surface area contributed by atoms with Gasteiger partial charge >= 0.3 is 23.9 Å². The van der Waals surface area contributed by atoms with E-state index >= 15 is 0 Å². The molecule has 1 aliphatic carbocycles. The first-order valence-electron chi connectivity index (χ1n) is 11.0. The SMILES string of the molecule is CC(=O)OC[C@H]1O[C@@H](OC2=CC(=O)c3cccc(O)c3C2=O)[C@@H](OC(C)=O)[C@@H](OC(C)=O)[C@H]1OC(C)=O. The van der Waals surface area contributed by atoms with Gasteiger partial charge in [0, 0.05) is 39.3 Å². The Bertz CT molecular complexity index is 1170. The number of benzene rings is 1. The standard InChI is InChI=1S/C24H24O13/c1-10(25)32-9-18-21(33-11(2)26)22(34-12(3)27)23(35-13(4)28)24(37-18)36-17-8-16(30)14-6-5-7-15(29)19(14)20(17)31/h5-8,18,21-24,29H,9H2,1-4H3/t18-,21+,22+,23+,24-/m1/s1. The molecule has 1 aromatic carbocycles. The first kappa shape index (κ1) is 27.3. The van der Waals surface area contributed by atoms with E-state index in [0.29, 0.717) is 0 Å². The third-order valence-electron chi connectivity index (χ3n) is 5.21. The van der Waals surface area contributed by atoms with E-state index in [0.717, 1.165) is 33.8 Å². The molecule has 0 bridgehead atoms. The van der Waals surface area contributed by atoms with Crippen LogP contribution in [0.25, 0.3) is 0 Å². The van der Waals surface area contributed by atoms with E-state index < -0.39 is 84.3 Å². The highest BCUT2D eigenvalue weighted by molar-refractivity contribution is 6.24. The fourth-order valence-electron chi connectivity index (χ4n) is 3.87. The molecule has 1 heterocycles. The zero-order valence-corrected chi connectivity index (χ0v) is 20.2. The van der Waals surface area contributed by atoms with Crippen molar-refractivity contribution in [3.05, 3.63) is 41.2 Å². The van der Waals surface area contributed by atoms with Crippen LogP contribution in [-0.4, -0.2) is 77.9 Å². The summed E-state index contributed by atoms with van der Waals surface area (Å²) in [6, 6.07) is 3.94. The van der Waals surface area contributed by atoms with E-state index in [2.05, 4.69) is 0 Å². The molecule has 0 radical (unpaired) electrons. The Balaban J connectivity index is 2.03. The van der Waals surface area contributed by atoms with Crippen LogP contribution in [0.5, 0.6) is 5.75 Å². The summed E-state index contributed by atoms with van der Waals surface area (Å²) in [6.45, 7) is 3.76. The number of aromatic hydroxyl groups is 1. The van der Waals surface area contributed by atoms with E-state index in [1.54, 1.807) is 0 Å². The van der Waals surface area contributed by atoms with Gasteiger partial charge in [-0.05, 0) is 6.07 Å². The van der Waals surface area contributed by atoms with Crippen molar-refractivity contribution in [3.8, 4) is 5.75 Å². The lowest BCUT2D eigenvalue weighted by molar-refractivity contribution is -0.298. The topological polar surface area (TPSA) is 178 Å². The molecule has 2 aliphatic rings. The lowest BCUT2D eigenvalue weighted by atomic mass is 9.92. The lowest BCUT2D eigenvalue weighted by Crippen LogP contribution is -2.63. The van der Waals surface area contributed by atoms with Gasteiger partial charge in [0.1, 0.15) is 18.5 Å². The Morgan fingerprint density at radius 2 is 1.46 bits per heavy atom. The van der Waals surface area contributed by atoms with Crippen LogP contribution in [0, 0.1) is 0 Å². The molecule has 1 fully saturated rings. The van der Waals surface area contributed by atoms with Crippen LogP contribution >= 0.6 is 0 Å². The second-order valence-corrected chi connectivity index (χ2v) is 8.09. The maximum Gasteiger partial charge on any atom is 0.303 e. The summed E-state index contributed by atoms with van der Waals surface area (Å²) >= 11 is 0. The van der Waals surface area contributed by atoms with Gasteiger partial charge in [-0.15, -0.1) is 0 Å². The predicted molar refractivity (Wildman–Crippen MR) is 118 cm³/mol. The van der Waals surface area contributed by atoms with Gasteiger partial charge in [-0.3, -0.25) is 28.8 Å². The number of ether oxygens (including phenoxy) is 6. The number of Topliss-reactive ketones (excluding diaryl/α,β-unsaturated/α-hetero) is 1. The Hall–Kier alpha value is -4.26. The number of carbonyl (C=O) groups is 6. The van der Waals surface area contributed by atoms with E-state index in [9.17, 15) is 33.9 Å². The van der Waals surface area contributed by atoms with Gasteiger partial charge in [0.25, 0.3) is 0 Å². The van der Waals surface area contributed by atoms with E-state index in [1.165, 1.54) is 18.2 Å². The molecule has 5 atom stereocenters. The molecule has 13 heteroatoms. The average Bonchev–Trinajstić information content (AvgIpc) is 2.78. The summed E-state index contributed by atoms with van der Waals surface area (Å²) in [5.41, 5.74) is -0.366. The summed E-state index contributed by atoms with van der Waals surface area (Å²) in [5.74, 6) is -5.83. The van der Waals surface area contributed by atoms with E-state index in [-0.39, 0.29) is 11.1 Å². The molecule has 0 amide bonds. The number of carbonyl (C=O) groups excluding carboxylic acids is 6. The summed E-state index contributed by atoms with van der Waals surface area (Å²) in [7, 11) is 0. The largest absolute Gasteiger partial charge is 0.507 e. The van der Waals surface area contributed by atoms with E-state index in [4.69, 9.17) is 28.4 Å². The van der Waals surface area contributed by atoms with Crippen molar-refractivity contribution in [2.24, 2.45) is 0 Å². The molecule has 37 heavy (non-hydrogen) atoms. The molecule has 198 valence electrons. The molecular formula is C24H24O13. The monoisotopic (exact) mass is 520 g/mol. The lowest BCUT2D eigenvalue weighted by Gasteiger charge is -2.44. The Labute approximate surface area is 210 Å². The number of hydrogen-bond donors (Lipinski definition) is 1. The van der Waals surface area contributed by atoms with Crippen LogP contribution in [0.3, 0.4) is 0 Å². The number of phenolic OH excluding ortho intramolecular Hbond substituents is 1. The van der Waals surface area contributed by atoms with Crippen molar-refractivity contribution in [1.82, 2.24) is 0 Å². The molecule has 1 aliphatic heterocycles. The maximum atomic E-state index is 13.1. The molecule has 1 N–H and O–H groups in total. The normalized spacial score (nSPS) is 24.8. The maximum absolute atomic E-state index is 13.1. The van der Waals surface area contributed by atoms with Gasteiger partial charge < -0.3 is 33.5 Å². The smallest absolute Gasteiger partial charge is 0.303 e. The van der Waals surface area contributed by atoms with Crippen LogP contribution in [0.2, 0.25) is 0 Å². The molecule has 13 nitrogen and oxygen atoms in total. The molecule has 0 aromatic heterocycles. The van der Waals surface area contributed by atoms with Gasteiger partial charge in [-0.2, -0.15) is 0 Å². The number of phenols is 1. The minimum Gasteiger partial charge on any atom is -0.507 e. The molecular weight excluding hydrogens is 496 g/mol. The molecule has 0 unspecified atom stereocenters. The number of fused-ring (bicyclic) bond motifs is 1. The Morgan fingerprint density at radius 3 is 2.05 bits per heavy atom. The average molecular weight is 520 g/mol. The number of esters is 4.